The number of aromatic nitrogens is 2. The van der Waals surface area contributed by atoms with Gasteiger partial charge in [0.15, 0.2) is 6.10 Å². The average Bonchev–Trinajstić information content (AvgIpc) is 2.64. The molecule has 1 unspecified atom stereocenters. The molecule has 17 heavy (non-hydrogen) atoms. The van der Waals surface area contributed by atoms with Crippen LogP contribution >= 0.6 is 0 Å². The van der Waals surface area contributed by atoms with E-state index in [-0.39, 0.29) is 5.69 Å². The van der Waals surface area contributed by atoms with Crippen LogP contribution in [0.1, 0.15) is 25.2 Å². The number of H-pyrrole nitrogens is 1. The summed E-state index contributed by atoms with van der Waals surface area (Å²) < 4.78 is 36.9. The summed E-state index contributed by atoms with van der Waals surface area (Å²) in [5, 5.41) is 23.2. The van der Waals surface area contributed by atoms with Gasteiger partial charge in [0.05, 0.1) is 5.69 Å². The van der Waals surface area contributed by atoms with Gasteiger partial charge in [-0.2, -0.15) is 18.3 Å². The molecule has 0 aliphatic rings. The Balaban J connectivity index is 3.09. The first-order valence-corrected chi connectivity index (χ1v) is 4.60. The number of aliphatic hydroxyl groups is 1. The number of hydrogen-bond donors (Lipinski definition) is 3. The second-order valence-electron chi connectivity index (χ2n) is 4.13. The van der Waals surface area contributed by atoms with E-state index in [0.29, 0.717) is 6.07 Å². The monoisotopic (exact) mass is 252 g/mol. The number of halogens is 3. The predicted octanol–water partition coefficient (Wildman–Crippen LogP) is 1.15. The summed E-state index contributed by atoms with van der Waals surface area (Å²) in [6, 6.07) is 0.687. The molecule has 0 spiro atoms. The van der Waals surface area contributed by atoms with Gasteiger partial charge in [-0.25, -0.2) is 4.79 Å². The van der Waals surface area contributed by atoms with Crippen molar-refractivity contribution in [1.29, 1.82) is 0 Å². The Morgan fingerprint density at radius 1 is 1.47 bits per heavy atom. The second-order valence-corrected chi connectivity index (χ2v) is 4.13. The molecule has 1 atom stereocenters. The van der Waals surface area contributed by atoms with Crippen molar-refractivity contribution < 1.29 is 28.2 Å². The molecule has 0 radical (unpaired) electrons. The summed E-state index contributed by atoms with van der Waals surface area (Å²) in [4.78, 5) is 10.6. The lowest BCUT2D eigenvalue weighted by Crippen LogP contribution is -2.40. The Kier molecular flexibility index (Phi) is 3.19. The zero-order chi connectivity index (χ0) is 13.4. The van der Waals surface area contributed by atoms with E-state index in [4.69, 9.17) is 5.11 Å². The predicted molar refractivity (Wildman–Crippen MR) is 50.3 cm³/mol. The number of hydrogen-bond acceptors (Lipinski definition) is 3. The van der Waals surface area contributed by atoms with Crippen LogP contribution in [-0.2, 0) is 16.4 Å². The molecule has 1 heterocycles. The molecule has 1 aromatic heterocycles. The number of aliphatic hydroxyl groups excluding tert-OH is 1. The molecule has 0 bridgehead atoms. The van der Waals surface area contributed by atoms with Crippen LogP contribution in [0.15, 0.2) is 6.07 Å². The van der Waals surface area contributed by atoms with Crippen molar-refractivity contribution in [3.8, 4) is 0 Å². The zero-order valence-corrected chi connectivity index (χ0v) is 9.04. The van der Waals surface area contributed by atoms with E-state index < -0.39 is 29.4 Å². The Morgan fingerprint density at radius 2 is 2.00 bits per heavy atom. The van der Waals surface area contributed by atoms with E-state index in [2.05, 4.69) is 5.10 Å². The fourth-order valence-corrected chi connectivity index (χ4v) is 1.25. The van der Waals surface area contributed by atoms with E-state index >= 15 is 0 Å². The third kappa shape index (κ3) is 2.57. The highest BCUT2D eigenvalue weighted by molar-refractivity contribution is 5.74. The lowest BCUT2D eigenvalue weighted by Gasteiger charge is -2.25. The van der Waals surface area contributed by atoms with E-state index in [1.54, 1.807) is 5.10 Å². The number of aliphatic carboxylic acids is 1. The molecule has 1 rings (SSSR count). The van der Waals surface area contributed by atoms with Crippen molar-refractivity contribution >= 4 is 5.97 Å². The molecule has 1 aromatic rings. The lowest BCUT2D eigenvalue weighted by molar-refractivity contribution is -0.150. The highest BCUT2D eigenvalue weighted by Gasteiger charge is 2.40. The van der Waals surface area contributed by atoms with Gasteiger partial charge >= 0.3 is 12.1 Å². The smallest absolute Gasteiger partial charge is 0.432 e. The van der Waals surface area contributed by atoms with Gasteiger partial charge in [0.25, 0.3) is 0 Å². The maximum absolute atomic E-state index is 12.3. The highest BCUT2D eigenvalue weighted by Crippen LogP contribution is 2.32. The summed E-state index contributed by atoms with van der Waals surface area (Å²) >= 11 is 0. The molecule has 0 saturated heterocycles. The maximum atomic E-state index is 12.3. The van der Waals surface area contributed by atoms with E-state index in [0.717, 1.165) is 0 Å². The van der Waals surface area contributed by atoms with Gasteiger partial charge in [0, 0.05) is 5.41 Å². The van der Waals surface area contributed by atoms with Crippen molar-refractivity contribution in [2.75, 3.05) is 0 Å². The molecule has 0 saturated carbocycles. The molecular formula is C9H11F3N2O3. The Labute approximate surface area is 94.3 Å². The van der Waals surface area contributed by atoms with Gasteiger partial charge in [-0.05, 0) is 6.07 Å². The number of aromatic amines is 1. The van der Waals surface area contributed by atoms with Crippen molar-refractivity contribution in [3.63, 3.8) is 0 Å². The summed E-state index contributed by atoms with van der Waals surface area (Å²) in [7, 11) is 0. The second kappa shape index (κ2) is 4.02. The topological polar surface area (TPSA) is 86.2 Å². The minimum absolute atomic E-state index is 0.167. The molecule has 8 heteroatoms. The van der Waals surface area contributed by atoms with Gasteiger partial charge in [-0.1, -0.05) is 13.8 Å². The first-order valence-electron chi connectivity index (χ1n) is 4.60. The fraction of sp³-hybridized carbons (Fsp3) is 0.556. The van der Waals surface area contributed by atoms with Gasteiger partial charge in [0.1, 0.15) is 5.69 Å². The van der Waals surface area contributed by atoms with Crippen LogP contribution in [0.3, 0.4) is 0 Å². The van der Waals surface area contributed by atoms with Gasteiger partial charge in [-0.15, -0.1) is 0 Å². The van der Waals surface area contributed by atoms with Crippen LogP contribution in [0.4, 0.5) is 13.2 Å². The molecular weight excluding hydrogens is 241 g/mol. The summed E-state index contributed by atoms with van der Waals surface area (Å²) in [5.74, 6) is -1.52. The molecule has 0 fully saturated rings. The average molecular weight is 252 g/mol. The Hall–Kier alpha value is -1.57. The normalized spacial score (nSPS) is 14.7. The molecule has 0 aromatic carbocycles. The number of carbonyl (C=O) groups is 1. The van der Waals surface area contributed by atoms with Crippen molar-refractivity contribution in [3.05, 3.63) is 17.5 Å². The number of alkyl halides is 3. The molecule has 3 N–H and O–H groups in total. The standard InChI is InChI=1S/C9H11F3N2O3/c1-8(2,6(15)7(16)17)4-3-5(14-13-4)9(10,11)12/h3,6,15H,1-2H3,(H,13,14)(H,16,17). The molecule has 0 amide bonds. The van der Waals surface area contributed by atoms with E-state index in [9.17, 15) is 23.1 Å². The van der Waals surface area contributed by atoms with E-state index in [1.807, 2.05) is 0 Å². The van der Waals surface area contributed by atoms with Crippen molar-refractivity contribution in [1.82, 2.24) is 10.2 Å². The number of nitrogens with one attached hydrogen (secondary N) is 1. The van der Waals surface area contributed by atoms with Crippen LogP contribution in [-0.4, -0.2) is 32.5 Å². The largest absolute Gasteiger partial charge is 0.479 e. The maximum Gasteiger partial charge on any atom is 0.432 e. The Morgan fingerprint density at radius 3 is 2.35 bits per heavy atom. The van der Waals surface area contributed by atoms with Crippen LogP contribution < -0.4 is 0 Å². The number of carboxylic acid groups (broad SMARTS) is 1. The van der Waals surface area contributed by atoms with Crippen LogP contribution in [0.2, 0.25) is 0 Å². The molecule has 0 aliphatic heterocycles. The fourth-order valence-electron chi connectivity index (χ4n) is 1.25. The van der Waals surface area contributed by atoms with Gasteiger partial charge in [0.2, 0.25) is 0 Å². The van der Waals surface area contributed by atoms with Crippen LogP contribution in [0.5, 0.6) is 0 Å². The summed E-state index contributed by atoms with van der Waals surface area (Å²) in [5.41, 5.74) is -2.68. The minimum Gasteiger partial charge on any atom is -0.479 e. The molecule has 96 valence electrons. The number of rotatable bonds is 3. The third-order valence-electron chi connectivity index (χ3n) is 2.46. The summed E-state index contributed by atoms with van der Waals surface area (Å²) in [6.45, 7) is 2.59. The first kappa shape index (κ1) is 13.5. The van der Waals surface area contributed by atoms with Gasteiger partial charge in [-0.3, -0.25) is 5.10 Å². The lowest BCUT2D eigenvalue weighted by atomic mass is 9.83. The minimum atomic E-state index is -4.59. The zero-order valence-electron chi connectivity index (χ0n) is 9.04. The third-order valence-corrected chi connectivity index (χ3v) is 2.46. The summed E-state index contributed by atoms with van der Waals surface area (Å²) in [6.07, 6.45) is -6.43. The molecule has 5 nitrogen and oxygen atoms in total. The van der Waals surface area contributed by atoms with Crippen LogP contribution in [0, 0.1) is 0 Å². The van der Waals surface area contributed by atoms with Crippen LogP contribution in [0.25, 0.3) is 0 Å². The SMILES string of the molecule is CC(C)(c1cc(C(F)(F)F)[nH]n1)C(O)C(=O)O. The van der Waals surface area contributed by atoms with E-state index in [1.165, 1.54) is 13.8 Å². The Bertz CT molecular complexity index is 425. The van der Waals surface area contributed by atoms with Crippen molar-refractivity contribution in [2.45, 2.75) is 31.5 Å². The quantitative estimate of drug-likeness (QED) is 0.753. The van der Waals surface area contributed by atoms with Gasteiger partial charge < -0.3 is 10.2 Å². The number of nitrogens with zero attached hydrogens (tertiary/aromatic N) is 1. The molecule has 0 aliphatic carbocycles. The first-order chi connectivity index (χ1) is 7.56. The highest BCUT2D eigenvalue weighted by atomic mass is 19.4. The number of carboxylic acids is 1. The van der Waals surface area contributed by atoms with Crippen molar-refractivity contribution in [2.24, 2.45) is 0 Å².